The molecule has 2 heterocycles. The van der Waals surface area contributed by atoms with Crippen LogP contribution in [0.25, 0.3) is 16.7 Å². The first-order chi connectivity index (χ1) is 15.0. The number of carbonyl (C=O) groups is 1. The van der Waals surface area contributed by atoms with Crippen molar-refractivity contribution in [3.8, 4) is 17.2 Å². The molecule has 4 aromatic rings. The zero-order valence-electron chi connectivity index (χ0n) is 16.5. The molecule has 0 spiro atoms. The Bertz CT molecular complexity index is 1330. The van der Waals surface area contributed by atoms with Crippen LogP contribution >= 0.6 is 11.6 Å². The average molecular weight is 436 g/mol. The highest BCUT2D eigenvalue weighted by atomic mass is 35.5. The van der Waals surface area contributed by atoms with Gasteiger partial charge in [-0.3, -0.25) is 14.2 Å². The predicted molar refractivity (Wildman–Crippen MR) is 118 cm³/mol. The fraction of sp³-hybridized carbons (Fsp3) is 0.0870. The molecule has 2 aromatic carbocycles. The lowest BCUT2D eigenvalue weighted by Gasteiger charge is -2.14. The van der Waals surface area contributed by atoms with Gasteiger partial charge in [-0.15, -0.1) is 0 Å². The van der Waals surface area contributed by atoms with Gasteiger partial charge < -0.3 is 15.2 Å². The highest BCUT2D eigenvalue weighted by molar-refractivity contribution is 6.30. The zero-order chi connectivity index (χ0) is 22.0. The molecule has 2 aromatic heterocycles. The van der Waals surface area contributed by atoms with Gasteiger partial charge in [0.05, 0.1) is 18.2 Å². The van der Waals surface area contributed by atoms with E-state index in [0.717, 1.165) is 5.56 Å². The molecular formula is C23H18ClN3O4. The van der Waals surface area contributed by atoms with E-state index in [9.17, 15) is 14.7 Å². The van der Waals surface area contributed by atoms with Crippen LogP contribution in [-0.4, -0.2) is 27.7 Å². The van der Waals surface area contributed by atoms with E-state index in [1.54, 1.807) is 67.8 Å². The number of nitrogens with one attached hydrogen (secondary N) is 1. The normalized spacial score (nSPS) is 10.8. The van der Waals surface area contributed by atoms with Crippen LogP contribution in [0, 0.1) is 0 Å². The number of pyridine rings is 2. The Morgan fingerprint density at radius 1 is 1.16 bits per heavy atom. The SMILES string of the molecule is COc1ccc(-n2c(=O)c(C(=O)NCc3cccc(Cl)c3)c(O)c3cccnc32)cc1. The predicted octanol–water partition coefficient (Wildman–Crippen LogP) is 3.68. The minimum absolute atomic E-state index is 0.145. The number of rotatable bonds is 5. The summed E-state index contributed by atoms with van der Waals surface area (Å²) < 4.78 is 6.46. The van der Waals surface area contributed by atoms with Gasteiger partial charge in [-0.1, -0.05) is 23.7 Å². The van der Waals surface area contributed by atoms with Gasteiger partial charge in [-0.25, -0.2) is 4.98 Å². The molecule has 0 saturated heterocycles. The second kappa shape index (κ2) is 8.49. The van der Waals surface area contributed by atoms with E-state index in [0.29, 0.717) is 16.5 Å². The van der Waals surface area contributed by atoms with E-state index in [1.165, 1.54) is 10.8 Å². The maximum atomic E-state index is 13.3. The summed E-state index contributed by atoms with van der Waals surface area (Å²) in [5, 5.41) is 14.2. The number of carbonyl (C=O) groups excluding carboxylic acids is 1. The fourth-order valence-electron chi connectivity index (χ4n) is 3.30. The van der Waals surface area contributed by atoms with Crippen LogP contribution in [0.1, 0.15) is 15.9 Å². The summed E-state index contributed by atoms with van der Waals surface area (Å²) in [5.41, 5.74) is 0.439. The van der Waals surface area contributed by atoms with Gasteiger partial charge in [-0.05, 0) is 54.1 Å². The van der Waals surface area contributed by atoms with Gasteiger partial charge >= 0.3 is 0 Å². The molecule has 2 N–H and O–H groups in total. The van der Waals surface area contributed by atoms with E-state index in [4.69, 9.17) is 16.3 Å². The van der Waals surface area contributed by atoms with Gasteiger partial charge in [0.15, 0.2) is 5.65 Å². The molecule has 156 valence electrons. The first kappa shape index (κ1) is 20.4. The smallest absolute Gasteiger partial charge is 0.273 e. The number of hydrogen-bond acceptors (Lipinski definition) is 5. The monoisotopic (exact) mass is 435 g/mol. The number of methoxy groups -OCH3 is 1. The van der Waals surface area contributed by atoms with Crippen LogP contribution in [0.5, 0.6) is 11.5 Å². The standard InChI is InChI=1S/C23H18ClN3O4/c1-31-17-9-7-16(8-10-17)27-21-18(6-3-11-25-21)20(28)19(23(27)30)22(29)26-13-14-4-2-5-15(24)12-14/h2-12,28H,13H2,1H3,(H,26,29). The van der Waals surface area contributed by atoms with Crippen LogP contribution < -0.4 is 15.6 Å². The Morgan fingerprint density at radius 2 is 1.94 bits per heavy atom. The van der Waals surface area contributed by atoms with E-state index < -0.39 is 17.2 Å². The molecule has 31 heavy (non-hydrogen) atoms. The van der Waals surface area contributed by atoms with Gasteiger partial charge in [-0.2, -0.15) is 0 Å². The van der Waals surface area contributed by atoms with Crippen molar-refractivity contribution >= 4 is 28.5 Å². The number of ether oxygens (including phenoxy) is 1. The summed E-state index contributed by atoms with van der Waals surface area (Å²) in [4.78, 5) is 30.5. The quantitative estimate of drug-likeness (QED) is 0.498. The molecular weight excluding hydrogens is 418 g/mol. The van der Waals surface area contributed by atoms with Crippen molar-refractivity contribution in [2.45, 2.75) is 6.54 Å². The zero-order valence-corrected chi connectivity index (χ0v) is 17.3. The molecule has 0 bridgehead atoms. The number of hydrogen-bond donors (Lipinski definition) is 2. The van der Waals surface area contributed by atoms with Crippen molar-refractivity contribution in [1.29, 1.82) is 0 Å². The summed E-state index contributed by atoms with van der Waals surface area (Å²) >= 11 is 5.98. The summed E-state index contributed by atoms with van der Waals surface area (Å²) in [6, 6.07) is 17.0. The van der Waals surface area contributed by atoms with Crippen LogP contribution in [0.3, 0.4) is 0 Å². The fourth-order valence-corrected chi connectivity index (χ4v) is 3.51. The highest BCUT2D eigenvalue weighted by Gasteiger charge is 2.23. The van der Waals surface area contributed by atoms with Crippen LogP contribution in [0.15, 0.2) is 71.7 Å². The summed E-state index contributed by atoms with van der Waals surface area (Å²) in [7, 11) is 1.54. The van der Waals surface area contributed by atoms with Crippen molar-refractivity contribution in [1.82, 2.24) is 14.9 Å². The summed E-state index contributed by atoms with van der Waals surface area (Å²) in [6.07, 6.45) is 1.51. The summed E-state index contributed by atoms with van der Waals surface area (Å²) in [6.45, 7) is 0.145. The summed E-state index contributed by atoms with van der Waals surface area (Å²) in [5.74, 6) is -0.496. The van der Waals surface area contributed by atoms with Crippen molar-refractivity contribution in [2.75, 3.05) is 7.11 Å². The number of fused-ring (bicyclic) bond motifs is 1. The number of amides is 1. The van der Waals surface area contributed by atoms with E-state index in [2.05, 4.69) is 10.3 Å². The highest BCUT2D eigenvalue weighted by Crippen LogP contribution is 2.27. The van der Waals surface area contributed by atoms with Gasteiger partial charge in [0.2, 0.25) is 0 Å². The lowest BCUT2D eigenvalue weighted by atomic mass is 10.1. The number of aromatic hydroxyl groups is 1. The first-order valence-corrected chi connectivity index (χ1v) is 9.77. The first-order valence-electron chi connectivity index (χ1n) is 9.39. The van der Waals surface area contributed by atoms with Gasteiger partial charge in [0.25, 0.3) is 11.5 Å². The molecule has 1 amide bonds. The molecule has 0 fully saturated rings. The lowest BCUT2D eigenvalue weighted by Crippen LogP contribution is -2.33. The Balaban J connectivity index is 1.81. The third kappa shape index (κ3) is 3.95. The van der Waals surface area contributed by atoms with Gasteiger partial charge in [0, 0.05) is 17.8 Å². The van der Waals surface area contributed by atoms with Crippen molar-refractivity contribution in [2.24, 2.45) is 0 Å². The molecule has 7 nitrogen and oxygen atoms in total. The van der Waals surface area contributed by atoms with Crippen molar-refractivity contribution in [3.05, 3.63) is 93.4 Å². The van der Waals surface area contributed by atoms with Crippen LogP contribution in [-0.2, 0) is 6.54 Å². The molecule has 0 atom stereocenters. The number of nitrogens with zero attached hydrogens (tertiary/aromatic N) is 2. The van der Waals surface area contributed by atoms with Crippen molar-refractivity contribution < 1.29 is 14.6 Å². The maximum absolute atomic E-state index is 13.3. The maximum Gasteiger partial charge on any atom is 0.273 e. The Kier molecular flexibility index (Phi) is 5.60. The molecule has 0 saturated carbocycles. The minimum atomic E-state index is -0.699. The Morgan fingerprint density at radius 3 is 2.65 bits per heavy atom. The van der Waals surface area contributed by atoms with Gasteiger partial charge in [0.1, 0.15) is 17.1 Å². The Labute approximate surface area is 182 Å². The molecule has 0 aliphatic rings. The van der Waals surface area contributed by atoms with Crippen LogP contribution in [0.4, 0.5) is 0 Å². The molecule has 0 unspecified atom stereocenters. The second-order valence-corrected chi connectivity index (χ2v) is 7.19. The van der Waals surface area contributed by atoms with E-state index in [1.807, 2.05) is 0 Å². The molecule has 0 radical (unpaired) electrons. The third-order valence-electron chi connectivity index (χ3n) is 4.81. The van der Waals surface area contributed by atoms with E-state index >= 15 is 0 Å². The number of aromatic nitrogens is 2. The Hall–Kier alpha value is -3.84. The minimum Gasteiger partial charge on any atom is -0.506 e. The second-order valence-electron chi connectivity index (χ2n) is 6.75. The number of halogens is 1. The average Bonchev–Trinajstić information content (AvgIpc) is 2.78. The topological polar surface area (TPSA) is 93.5 Å². The molecule has 4 rings (SSSR count). The third-order valence-corrected chi connectivity index (χ3v) is 5.04. The molecule has 8 heteroatoms. The van der Waals surface area contributed by atoms with Crippen molar-refractivity contribution in [3.63, 3.8) is 0 Å². The molecule has 0 aliphatic carbocycles. The van der Waals surface area contributed by atoms with E-state index in [-0.39, 0.29) is 23.1 Å². The van der Waals surface area contributed by atoms with Crippen LogP contribution in [0.2, 0.25) is 5.02 Å². The molecule has 0 aliphatic heterocycles. The largest absolute Gasteiger partial charge is 0.506 e. The number of benzene rings is 2. The lowest BCUT2D eigenvalue weighted by molar-refractivity contribution is 0.0946.